The van der Waals surface area contributed by atoms with Crippen LogP contribution in [0.1, 0.15) is 39.4 Å². The lowest BCUT2D eigenvalue weighted by Crippen LogP contribution is -2.52. The van der Waals surface area contributed by atoms with Gasteiger partial charge in [-0.15, -0.1) is 0 Å². The van der Waals surface area contributed by atoms with Crippen molar-refractivity contribution in [3.63, 3.8) is 0 Å². The smallest absolute Gasteiger partial charge is 0.257 e. The topological polar surface area (TPSA) is 81.3 Å². The van der Waals surface area contributed by atoms with Crippen molar-refractivity contribution >= 4 is 10.0 Å². The van der Waals surface area contributed by atoms with Crippen molar-refractivity contribution in [3.05, 3.63) is 12.0 Å². The molecule has 23 heavy (non-hydrogen) atoms. The van der Waals surface area contributed by atoms with Crippen LogP contribution >= 0.6 is 0 Å². The Labute approximate surface area is 139 Å². The molecule has 0 bridgehead atoms. The van der Waals surface area contributed by atoms with Crippen LogP contribution in [-0.2, 0) is 10.0 Å². The number of likely N-dealkylation sites (N-methyl/N-ethyl adjacent to an activating group) is 1. The maximum Gasteiger partial charge on any atom is 0.257 e. The highest BCUT2D eigenvalue weighted by molar-refractivity contribution is 7.89. The molecular formula is C15H29N5O2S. The molecule has 0 radical (unpaired) electrons. The Balaban J connectivity index is 1.88. The third kappa shape index (κ3) is 4.76. The van der Waals surface area contributed by atoms with Gasteiger partial charge in [0.15, 0.2) is 5.03 Å². The van der Waals surface area contributed by atoms with Gasteiger partial charge in [-0.25, -0.2) is 18.1 Å². The third-order valence-corrected chi connectivity index (χ3v) is 5.79. The van der Waals surface area contributed by atoms with E-state index in [2.05, 4.69) is 38.3 Å². The van der Waals surface area contributed by atoms with E-state index in [-0.39, 0.29) is 17.0 Å². The lowest BCUT2D eigenvalue weighted by Gasteiger charge is -2.37. The minimum atomic E-state index is -3.53. The Morgan fingerprint density at radius 3 is 2.43 bits per heavy atom. The Hall–Kier alpha value is -0.960. The predicted octanol–water partition coefficient (Wildman–Crippen LogP) is 0.837. The molecule has 7 nitrogen and oxygen atoms in total. The number of rotatable bonds is 7. The average Bonchev–Trinajstić information content (AvgIpc) is 3.04. The first-order chi connectivity index (χ1) is 10.8. The van der Waals surface area contributed by atoms with Gasteiger partial charge in [0.05, 0.1) is 6.20 Å². The van der Waals surface area contributed by atoms with Crippen molar-refractivity contribution in [2.75, 3.05) is 39.3 Å². The first-order valence-electron chi connectivity index (χ1n) is 8.34. The summed E-state index contributed by atoms with van der Waals surface area (Å²) in [5.74, 6) is 0.863. The van der Waals surface area contributed by atoms with Gasteiger partial charge in [-0.2, -0.15) is 0 Å². The van der Waals surface area contributed by atoms with E-state index in [1.807, 2.05) is 13.8 Å². The fourth-order valence-electron chi connectivity index (χ4n) is 2.71. The van der Waals surface area contributed by atoms with E-state index < -0.39 is 10.0 Å². The van der Waals surface area contributed by atoms with Crippen LogP contribution in [0.15, 0.2) is 11.2 Å². The summed E-state index contributed by atoms with van der Waals surface area (Å²) in [5.41, 5.74) is 0. The first-order valence-corrected chi connectivity index (χ1v) is 9.82. The summed E-state index contributed by atoms with van der Waals surface area (Å²) in [7, 11) is -3.53. The number of imidazole rings is 1. The molecule has 2 N–H and O–H groups in total. The number of hydrogen-bond donors (Lipinski definition) is 2. The average molecular weight is 343 g/mol. The molecular weight excluding hydrogens is 314 g/mol. The Bertz CT molecular complexity index is 591. The monoisotopic (exact) mass is 343 g/mol. The van der Waals surface area contributed by atoms with Gasteiger partial charge in [0.25, 0.3) is 10.0 Å². The van der Waals surface area contributed by atoms with E-state index in [9.17, 15) is 8.42 Å². The van der Waals surface area contributed by atoms with Crippen molar-refractivity contribution in [1.29, 1.82) is 0 Å². The first kappa shape index (κ1) is 18.4. The summed E-state index contributed by atoms with van der Waals surface area (Å²) < 4.78 is 27.4. The standard InChI is InChI=1S/C15H29N5O2S/c1-5-19-6-8-20(9-7-19)13(4)10-17-23(21,22)14-11-16-15(18-14)12(2)3/h11-13,17H,5-10H2,1-4H3,(H,16,18)/t13-/m1/s1. The number of nitrogens with zero attached hydrogens (tertiary/aromatic N) is 3. The number of H-pyrrole nitrogens is 1. The van der Waals surface area contributed by atoms with Crippen molar-refractivity contribution in [3.8, 4) is 0 Å². The molecule has 1 fully saturated rings. The molecule has 2 heterocycles. The molecule has 0 amide bonds. The summed E-state index contributed by atoms with van der Waals surface area (Å²) in [5, 5.41) is 0.143. The Kier molecular flexibility index (Phi) is 6.19. The molecule has 1 saturated heterocycles. The molecule has 1 aromatic rings. The van der Waals surface area contributed by atoms with Crippen LogP contribution in [0.5, 0.6) is 0 Å². The van der Waals surface area contributed by atoms with Crippen molar-refractivity contribution < 1.29 is 8.42 Å². The molecule has 2 rings (SSSR count). The van der Waals surface area contributed by atoms with Gasteiger partial charge < -0.3 is 9.88 Å². The second-order valence-corrected chi connectivity index (χ2v) is 8.19. The maximum absolute atomic E-state index is 12.3. The summed E-state index contributed by atoms with van der Waals surface area (Å²) in [6, 6.07) is 0.177. The second kappa shape index (κ2) is 7.74. The summed E-state index contributed by atoms with van der Waals surface area (Å²) in [4.78, 5) is 11.8. The molecule has 0 aromatic carbocycles. The molecule has 1 atom stereocenters. The lowest BCUT2D eigenvalue weighted by atomic mass is 10.2. The molecule has 0 spiro atoms. The highest BCUT2D eigenvalue weighted by atomic mass is 32.2. The van der Waals surface area contributed by atoms with Gasteiger partial charge in [-0.05, 0) is 13.5 Å². The highest BCUT2D eigenvalue weighted by Crippen LogP contribution is 2.13. The molecule has 0 saturated carbocycles. The summed E-state index contributed by atoms with van der Waals surface area (Å²) in [6.07, 6.45) is 1.39. The van der Waals surface area contributed by atoms with Crippen LogP contribution in [0.4, 0.5) is 0 Å². The van der Waals surface area contributed by atoms with E-state index in [1.165, 1.54) is 6.20 Å². The zero-order chi connectivity index (χ0) is 17.0. The second-order valence-electron chi connectivity index (χ2n) is 6.46. The number of hydrogen-bond acceptors (Lipinski definition) is 5. The van der Waals surface area contributed by atoms with Gasteiger partial charge in [0.1, 0.15) is 5.82 Å². The lowest BCUT2D eigenvalue weighted by molar-refractivity contribution is 0.107. The van der Waals surface area contributed by atoms with Gasteiger partial charge in [-0.1, -0.05) is 20.8 Å². The largest absolute Gasteiger partial charge is 0.332 e. The number of sulfonamides is 1. The van der Waals surface area contributed by atoms with Gasteiger partial charge in [0, 0.05) is 44.7 Å². The number of aromatic amines is 1. The van der Waals surface area contributed by atoms with Crippen molar-refractivity contribution in [1.82, 2.24) is 24.5 Å². The minimum Gasteiger partial charge on any atom is -0.332 e. The van der Waals surface area contributed by atoms with E-state index in [0.29, 0.717) is 12.4 Å². The quantitative estimate of drug-likeness (QED) is 0.767. The van der Waals surface area contributed by atoms with Crippen LogP contribution in [0.2, 0.25) is 0 Å². The van der Waals surface area contributed by atoms with E-state index in [1.54, 1.807) is 0 Å². The summed E-state index contributed by atoms with van der Waals surface area (Å²) in [6.45, 7) is 13.7. The fourth-order valence-corrected chi connectivity index (χ4v) is 3.75. The highest BCUT2D eigenvalue weighted by Gasteiger charge is 2.23. The SMILES string of the molecule is CCN1CCN([C@H](C)CNS(=O)(=O)c2cnc(C(C)C)[nH]2)CC1. The Morgan fingerprint density at radius 2 is 1.91 bits per heavy atom. The predicted molar refractivity (Wildman–Crippen MR) is 91.0 cm³/mol. The van der Waals surface area contributed by atoms with Crippen molar-refractivity contribution in [2.24, 2.45) is 0 Å². The zero-order valence-corrected chi connectivity index (χ0v) is 15.4. The van der Waals surface area contributed by atoms with Crippen LogP contribution in [-0.4, -0.2) is 73.5 Å². The van der Waals surface area contributed by atoms with Crippen LogP contribution in [0.3, 0.4) is 0 Å². The molecule has 1 aromatic heterocycles. The molecule has 8 heteroatoms. The summed E-state index contributed by atoms with van der Waals surface area (Å²) >= 11 is 0. The van der Waals surface area contributed by atoms with Gasteiger partial charge in [-0.3, -0.25) is 4.90 Å². The number of aromatic nitrogens is 2. The molecule has 1 aliphatic heterocycles. The van der Waals surface area contributed by atoms with E-state index in [4.69, 9.17) is 0 Å². The molecule has 1 aliphatic rings. The normalized spacial score (nSPS) is 19.3. The number of nitrogens with one attached hydrogen (secondary N) is 2. The van der Waals surface area contributed by atoms with E-state index in [0.717, 1.165) is 32.7 Å². The molecule has 0 aliphatic carbocycles. The molecule has 132 valence electrons. The molecule has 0 unspecified atom stereocenters. The number of piperazine rings is 1. The third-order valence-electron chi connectivity index (χ3n) is 4.45. The van der Waals surface area contributed by atoms with Crippen molar-refractivity contribution in [2.45, 2.75) is 44.7 Å². The van der Waals surface area contributed by atoms with Crippen LogP contribution < -0.4 is 4.72 Å². The van der Waals surface area contributed by atoms with E-state index >= 15 is 0 Å². The Morgan fingerprint density at radius 1 is 1.26 bits per heavy atom. The zero-order valence-electron chi connectivity index (χ0n) is 14.5. The maximum atomic E-state index is 12.3. The van der Waals surface area contributed by atoms with Crippen LogP contribution in [0, 0.1) is 0 Å². The van der Waals surface area contributed by atoms with Crippen LogP contribution in [0.25, 0.3) is 0 Å². The fraction of sp³-hybridized carbons (Fsp3) is 0.800. The minimum absolute atomic E-state index is 0.143. The van der Waals surface area contributed by atoms with Gasteiger partial charge in [0.2, 0.25) is 0 Å². The van der Waals surface area contributed by atoms with Gasteiger partial charge >= 0.3 is 0 Å².